The van der Waals surface area contributed by atoms with Crippen LogP contribution in [0.15, 0.2) is 24.9 Å². The van der Waals surface area contributed by atoms with Gasteiger partial charge < -0.3 is 9.88 Å². The molecule has 0 radical (unpaired) electrons. The molecule has 0 atom stereocenters. The number of imidazole rings is 1. The summed E-state index contributed by atoms with van der Waals surface area (Å²) in [6.07, 6.45) is 7.02. The van der Waals surface area contributed by atoms with E-state index in [-0.39, 0.29) is 0 Å². The molecule has 5 heteroatoms. The molecule has 1 N–H and O–H groups in total. The van der Waals surface area contributed by atoms with E-state index in [4.69, 9.17) is 0 Å². The second kappa shape index (κ2) is 4.95. The second-order valence-corrected chi connectivity index (χ2v) is 4.50. The van der Waals surface area contributed by atoms with Crippen molar-refractivity contribution < 1.29 is 0 Å². The Balaban J connectivity index is 2.20. The zero-order valence-corrected chi connectivity index (χ0v) is 10.4. The summed E-state index contributed by atoms with van der Waals surface area (Å²) in [6, 6.07) is 0. The van der Waals surface area contributed by atoms with Gasteiger partial charge in [-0.2, -0.15) is 0 Å². The molecular formula is C12H17N5. The van der Waals surface area contributed by atoms with Crippen LogP contribution in [-0.2, 0) is 6.54 Å². The molecule has 0 aliphatic rings. The van der Waals surface area contributed by atoms with Gasteiger partial charge in [0.15, 0.2) is 0 Å². The number of hydrogen-bond acceptors (Lipinski definition) is 4. The fourth-order valence-corrected chi connectivity index (χ4v) is 1.67. The zero-order valence-electron chi connectivity index (χ0n) is 10.4. The SMILES string of the molecule is Cc1cn(CC(C)C)c(Nc2cncnc2)n1. The van der Waals surface area contributed by atoms with E-state index in [2.05, 4.69) is 38.7 Å². The van der Waals surface area contributed by atoms with Gasteiger partial charge in [-0.05, 0) is 12.8 Å². The lowest BCUT2D eigenvalue weighted by atomic mass is 10.2. The maximum absolute atomic E-state index is 4.46. The highest BCUT2D eigenvalue weighted by molar-refractivity contribution is 5.50. The third kappa shape index (κ3) is 3.03. The van der Waals surface area contributed by atoms with E-state index >= 15 is 0 Å². The highest BCUT2D eigenvalue weighted by Crippen LogP contribution is 2.16. The summed E-state index contributed by atoms with van der Waals surface area (Å²) in [6.45, 7) is 7.30. The smallest absolute Gasteiger partial charge is 0.207 e. The predicted molar refractivity (Wildman–Crippen MR) is 67.1 cm³/mol. The Morgan fingerprint density at radius 3 is 2.65 bits per heavy atom. The van der Waals surface area contributed by atoms with Crippen LogP contribution in [0.1, 0.15) is 19.5 Å². The summed E-state index contributed by atoms with van der Waals surface area (Å²) in [5.74, 6) is 1.42. The molecule has 2 heterocycles. The van der Waals surface area contributed by atoms with Gasteiger partial charge in [0.25, 0.3) is 0 Å². The van der Waals surface area contributed by atoms with Crippen LogP contribution in [-0.4, -0.2) is 19.5 Å². The third-order valence-corrected chi connectivity index (χ3v) is 2.28. The Hall–Kier alpha value is -1.91. The number of aromatic nitrogens is 4. The normalized spacial score (nSPS) is 10.8. The van der Waals surface area contributed by atoms with Crippen molar-refractivity contribution >= 4 is 11.6 Å². The van der Waals surface area contributed by atoms with Crippen molar-refractivity contribution in [3.05, 3.63) is 30.6 Å². The molecule has 2 rings (SSSR count). The number of aryl methyl sites for hydroxylation is 1. The van der Waals surface area contributed by atoms with Crippen molar-refractivity contribution in [3.63, 3.8) is 0 Å². The van der Waals surface area contributed by atoms with Crippen molar-refractivity contribution in [2.75, 3.05) is 5.32 Å². The highest BCUT2D eigenvalue weighted by atomic mass is 15.2. The van der Waals surface area contributed by atoms with Gasteiger partial charge in [-0.15, -0.1) is 0 Å². The molecule has 2 aromatic rings. The monoisotopic (exact) mass is 231 g/mol. The predicted octanol–water partition coefficient (Wildman–Crippen LogP) is 2.38. The molecule has 0 bridgehead atoms. The van der Waals surface area contributed by atoms with E-state index in [1.54, 1.807) is 12.4 Å². The summed E-state index contributed by atoms with van der Waals surface area (Å²) in [5, 5.41) is 3.23. The minimum atomic E-state index is 0.580. The highest BCUT2D eigenvalue weighted by Gasteiger charge is 2.07. The molecule has 90 valence electrons. The van der Waals surface area contributed by atoms with Gasteiger partial charge in [-0.3, -0.25) is 0 Å². The average molecular weight is 231 g/mol. The molecular weight excluding hydrogens is 214 g/mol. The van der Waals surface area contributed by atoms with Crippen LogP contribution >= 0.6 is 0 Å². The van der Waals surface area contributed by atoms with E-state index in [0.717, 1.165) is 23.9 Å². The topological polar surface area (TPSA) is 55.6 Å². The summed E-state index contributed by atoms with van der Waals surface area (Å²) in [4.78, 5) is 12.4. The van der Waals surface area contributed by atoms with Crippen LogP contribution < -0.4 is 5.32 Å². The van der Waals surface area contributed by atoms with E-state index in [0.29, 0.717) is 5.92 Å². The number of rotatable bonds is 4. The summed E-state index contributed by atoms with van der Waals surface area (Å²) >= 11 is 0. The molecule has 0 aromatic carbocycles. The Kier molecular flexibility index (Phi) is 3.37. The van der Waals surface area contributed by atoms with Gasteiger partial charge in [0.1, 0.15) is 6.33 Å². The van der Waals surface area contributed by atoms with Crippen molar-refractivity contribution in [2.24, 2.45) is 5.92 Å². The first-order valence-corrected chi connectivity index (χ1v) is 5.71. The fourth-order valence-electron chi connectivity index (χ4n) is 1.67. The van der Waals surface area contributed by atoms with Crippen molar-refractivity contribution in [2.45, 2.75) is 27.3 Å². The van der Waals surface area contributed by atoms with Gasteiger partial charge in [0.05, 0.1) is 23.8 Å². The van der Waals surface area contributed by atoms with Gasteiger partial charge >= 0.3 is 0 Å². The van der Waals surface area contributed by atoms with Crippen molar-refractivity contribution in [1.82, 2.24) is 19.5 Å². The van der Waals surface area contributed by atoms with E-state index in [9.17, 15) is 0 Å². The Bertz CT molecular complexity index is 475. The Morgan fingerprint density at radius 1 is 1.29 bits per heavy atom. The number of hydrogen-bond donors (Lipinski definition) is 1. The fraction of sp³-hybridized carbons (Fsp3) is 0.417. The molecule has 0 amide bonds. The van der Waals surface area contributed by atoms with Gasteiger partial charge in [0.2, 0.25) is 5.95 Å². The molecule has 17 heavy (non-hydrogen) atoms. The average Bonchev–Trinajstić information content (AvgIpc) is 2.59. The molecule has 2 aromatic heterocycles. The van der Waals surface area contributed by atoms with Gasteiger partial charge in [0, 0.05) is 12.7 Å². The number of anilines is 2. The van der Waals surface area contributed by atoms with Crippen molar-refractivity contribution in [3.8, 4) is 0 Å². The van der Waals surface area contributed by atoms with Crippen molar-refractivity contribution in [1.29, 1.82) is 0 Å². The molecule has 0 saturated heterocycles. The molecule has 0 spiro atoms. The Labute approximate surface area is 101 Å². The lowest BCUT2D eigenvalue weighted by molar-refractivity contribution is 0.527. The standard InChI is InChI=1S/C12H17N5/c1-9(2)6-17-7-10(3)15-12(17)16-11-4-13-8-14-5-11/h4-5,7-9H,6H2,1-3H3,(H,15,16). The van der Waals surface area contributed by atoms with Crippen LogP contribution in [0.25, 0.3) is 0 Å². The first-order valence-electron chi connectivity index (χ1n) is 5.71. The third-order valence-electron chi connectivity index (χ3n) is 2.28. The van der Waals surface area contributed by atoms with Crippen LogP contribution in [0, 0.1) is 12.8 Å². The Morgan fingerprint density at radius 2 is 2.00 bits per heavy atom. The zero-order chi connectivity index (χ0) is 12.3. The molecule has 0 aliphatic heterocycles. The molecule has 0 unspecified atom stereocenters. The quantitative estimate of drug-likeness (QED) is 0.877. The summed E-state index contributed by atoms with van der Waals surface area (Å²) in [7, 11) is 0. The second-order valence-electron chi connectivity index (χ2n) is 4.50. The van der Waals surface area contributed by atoms with Crippen LogP contribution in [0.5, 0.6) is 0 Å². The minimum Gasteiger partial charge on any atom is -0.323 e. The number of nitrogens with one attached hydrogen (secondary N) is 1. The van der Waals surface area contributed by atoms with Crippen LogP contribution in [0.2, 0.25) is 0 Å². The lowest BCUT2D eigenvalue weighted by Gasteiger charge is -2.11. The van der Waals surface area contributed by atoms with E-state index in [1.165, 1.54) is 6.33 Å². The van der Waals surface area contributed by atoms with E-state index < -0.39 is 0 Å². The van der Waals surface area contributed by atoms with Gasteiger partial charge in [-0.1, -0.05) is 13.8 Å². The minimum absolute atomic E-state index is 0.580. The van der Waals surface area contributed by atoms with Gasteiger partial charge in [-0.25, -0.2) is 15.0 Å². The van der Waals surface area contributed by atoms with E-state index in [1.807, 2.05) is 13.1 Å². The maximum Gasteiger partial charge on any atom is 0.207 e. The molecule has 0 fully saturated rings. The van der Waals surface area contributed by atoms with Crippen LogP contribution in [0.3, 0.4) is 0 Å². The largest absolute Gasteiger partial charge is 0.323 e. The first kappa shape index (κ1) is 11.6. The summed E-state index contributed by atoms with van der Waals surface area (Å²) in [5.41, 5.74) is 1.85. The summed E-state index contributed by atoms with van der Waals surface area (Å²) < 4.78 is 2.12. The molecule has 5 nitrogen and oxygen atoms in total. The lowest BCUT2D eigenvalue weighted by Crippen LogP contribution is -2.07. The first-order chi connectivity index (χ1) is 8.15. The number of nitrogens with zero attached hydrogens (tertiary/aromatic N) is 4. The molecule has 0 saturated carbocycles. The maximum atomic E-state index is 4.46. The van der Waals surface area contributed by atoms with Crippen LogP contribution in [0.4, 0.5) is 11.6 Å². The molecule has 0 aliphatic carbocycles.